The molecular weight excluding hydrogens is 587 g/mol. The van der Waals surface area contributed by atoms with Crippen molar-refractivity contribution in [3.05, 3.63) is 101 Å². The number of aromatic nitrogens is 3. The number of para-hydroxylation sites is 1. The molecule has 0 bridgehead atoms. The van der Waals surface area contributed by atoms with Gasteiger partial charge in [0.15, 0.2) is 0 Å². The summed E-state index contributed by atoms with van der Waals surface area (Å²) in [5, 5.41) is 18.7. The highest BCUT2D eigenvalue weighted by Crippen LogP contribution is 2.49. The van der Waals surface area contributed by atoms with Crippen LogP contribution in [0, 0.1) is 5.92 Å². The van der Waals surface area contributed by atoms with Crippen LogP contribution in [-0.2, 0) is 22.5 Å². The third-order valence-electron chi connectivity index (χ3n) is 9.41. The number of carbonyl (C=O) groups excluding carboxylic acids is 1. The highest BCUT2D eigenvalue weighted by atomic mass is 28.4. The second-order valence-corrected chi connectivity index (χ2v) is 16.6. The number of hydrogen-bond acceptors (Lipinski definition) is 6. The van der Waals surface area contributed by atoms with E-state index in [2.05, 4.69) is 23.3 Å². The number of hydrogen-bond donors (Lipinski definition) is 1. The number of rotatable bonds is 10. The number of ether oxygens (including phenoxy) is 2. The number of aliphatic hydroxyl groups is 1. The van der Waals surface area contributed by atoms with Gasteiger partial charge in [-0.2, -0.15) is 0 Å². The SMILES string of the molecule is CO[C@H]1c2cc(N3C(=O)CCc4ccccc43)ccc2O[C@@H](C(CCn2cc(C(CO)c3ccccc3)nn2)[Si](C)(C)F)[C@@H]1C. The lowest BCUT2D eigenvalue weighted by Crippen LogP contribution is -2.46. The van der Waals surface area contributed by atoms with Gasteiger partial charge in [-0.15, -0.1) is 5.10 Å². The van der Waals surface area contributed by atoms with Gasteiger partial charge in [0.05, 0.1) is 30.0 Å². The molecule has 0 saturated carbocycles. The number of nitrogens with zero attached hydrogens (tertiary/aromatic N) is 4. The summed E-state index contributed by atoms with van der Waals surface area (Å²) in [5.41, 5.74) is 4.99. The molecular formula is C35H41FN4O4Si. The largest absolute Gasteiger partial charge is 0.490 e. The van der Waals surface area contributed by atoms with Crippen LogP contribution in [0.4, 0.5) is 15.5 Å². The Morgan fingerprint density at radius 3 is 2.58 bits per heavy atom. The molecule has 5 atom stereocenters. The molecule has 4 aromatic rings. The Morgan fingerprint density at radius 2 is 1.84 bits per heavy atom. The summed E-state index contributed by atoms with van der Waals surface area (Å²) >= 11 is 0. The average molecular weight is 629 g/mol. The van der Waals surface area contributed by atoms with E-state index in [4.69, 9.17) is 9.47 Å². The van der Waals surface area contributed by atoms with Gasteiger partial charge in [0.1, 0.15) is 11.9 Å². The van der Waals surface area contributed by atoms with Crippen molar-refractivity contribution in [1.82, 2.24) is 15.0 Å². The van der Waals surface area contributed by atoms with E-state index < -0.39 is 14.5 Å². The van der Waals surface area contributed by atoms with Gasteiger partial charge < -0.3 is 18.7 Å². The maximum Gasteiger partial charge on any atom is 0.247 e. The fourth-order valence-electron chi connectivity index (χ4n) is 7.02. The van der Waals surface area contributed by atoms with E-state index >= 15 is 4.11 Å². The molecule has 8 nitrogen and oxygen atoms in total. The van der Waals surface area contributed by atoms with Gasteiger partial charge in [0, 0.05) is 49.0 Å². The topological polar surface area (TPSA) is 89.7 Å². The first kappa shape index (κ1) is 31.1. The first-order valence-electron chi connectivity index (χ1n) is 15.7. The van der Waals surface area contributed by atoms with Crippen molar-refractivity contribution >= 4 is 25.7 Å². The average Bonchev–Trinajstić information content (AvgIpc) is 3.50. The molecule has 0 saturated heterocycles. The van der Waals surface area contributed by atoms with Gasteiger partial charge in [0.25, 0.3) is 0 Å². The smallest absolute Gasteiger partial charge is 0.247 e. The van der Waals surface area contributed by atoms with Crippen molar-refractivity contribution in [3.63, 3.8) is 0 Å². The highest BCUT2D eigenvalue weighted by molar-refractivity contribution is 6.72. The zero-order valence-corrected chi connectivity index (χ0v) is 27.3. The maximum atomic E-state index is 16.1. The maximum absolute atomic E-state index is 16.1. The molecule has 236 valence electrons. The second kappa shape index (κ2) is 12.9. The van der Waals surface area contributed by atoms with Gasteiger partial charge in [0.2, 0.25) is 14.3 Å². The number of aryl methyl sites for hydroxylation is 2. The summed E-state index contributed by atoms with van der Waals surface area (Å²) in [6.45, 7) is 5.91. The van der Waals surface area contributed by atoms with E-state index in [9.17, 15) is 9.90 Å². The third kappa shape index (κ3) is 6.19. The normalized spacial score (nSPS) is 21.1. The molecule has 0 spiro atoms. The monoisotopic (exact) mass is 628 g/mol. The zero-order valence-electron chi connectivity index (χ0n) is 26.3. The summed E-state index contributed by atoms with van der Waals surface area (Å²) in [6.07, 6.45) is 2.81. The van der Waals surface area contributed by atoms with Crippen molar-refractivity contribution in [1.29, 1.82) is 0 Å². The van der Waals surface area contributed by atoms with Crippen LogP contribution >= 0.6 is 0 Å². The van der Waals surface area contributed by atoms with Crippen LogP contribution in [0.25, 0.3) is 0 Å². The number of halogens is 1. The van der Waals surface area contributed by atoms with Gasteiger partial charge in [-0.25, -0.2) is 0 Å². The van der Waals surface area contributed by atoms with Crippen molar-refractivity contribution < 1.29 is 23.5 Å². The lowest BCUT2D eigenvalue weighted by molar-refractivity contribution is -0.118. The number of fused-ring (bicyclic) bond motifs is 2. The molecule has 0 radical (unpaired) electrons. The summed E-state index contributed by atoms with van der Waals surface area (Å²) in [7, 11) is -1.55. The van der Waals surface area contributed by atoms with Crippen LogP contribution < -0.4 is 9.64 Å². The van der Waals surface area contributed by atoms with Crippen LogP contribution in [0.3, 0.4) is 0 Å². The second-order valence-electron chi connectivity index (χ2n) is 12.7. The Morgan fingerprint density at radius 1 is 1.09 bits per heavy atom. The Balaban J connectivity index is 1.24. The molecule has 0 fully saturated rings. The first-order valence-corrected chi connectivity index (χ1v) is 18.6. The number of methoxy groups -OCH3 is 1. The Kier molecular flexibility index (Phi) is 8.90. The van der Waals surface area contributed by atoms with Crippen LogP contribution in [0.1, 0.15) is 54.2 Å². The predicted molar refractivity (Wildman–Crippen MR) is 174 cm³/mol. The van der Waals surface area contributed by atoms with Crippen molar-refractivity contribution in [2.45, 2.75) is 69.5 Å². The molecule has 1 amide bonds. The predicted octanol–water partition coefficient (Wildman–Crippen LogP) is 6.73. The van der Waals surface area contributed by atoms with Gasteiger partial charge in [-0.05, 0) is 61.3 Å². The molecule has 10 heteroatoms. The van der Waals surface area contributed by atoms with E-state index in [1.807, 2.05) is 72.9 Å². The molecule has 1 aromatic heterocycles. The first-order chi connectivity index (χ1) is 21.7. The molecule has 3 aromatic carbocycles. The zero-order chi connectivity index (χ0) is 31.7. The molecule has 45 heavy (non-hydrogen) atoms. The summed E-state index contributed by atoms with van der Waals surface area (Å²) in [4.78, 5) is 14.9. The summed E-state index contributed by atoms with van der Waals surface area (Å²) < 4.78 is 30.6. The summed E-state index contributed by atoms with van der Waals surface area (Å²) in [5.74, 6) is 0.298. The van der Waals surface area contributed by atoms with Crippen molar-refractivity contribution in [2.24, 2.45) is 5.92 Å². The van der Waals surface area contributed by atoms with E-state index in [0.717, 1.165) is 34.5 Å². The van der Waals surface area contributed by atoms with Crippen molar-refractivity contribution in [3.8, 4) is 5.75 Å². The number of benzene rings is 3. The van der Waals surface area contributed by atoms with Gasteiger partial charge in [-0.1, -0.05) is 60.7 Å². The minimum Gasteiger partial charge on any atom is -0.490 e. The minimum absolute atomic E-state index is 0.0564. The van der Waals surface area contributed by atoms with E-state index in [0.29, 0.717) is 30.8 Å². The third-order valence-corrected chi connectivity index (χ3v) is 11.8. The fraction of sp³-hybridized carbons (Fsp3) is 0.400. The van der Waals surface area contributed by atoms with Crippen LogP contribution in [0.2, 0.25) is 18.6 Å². The van der Waals surface area contributed by atoms with Crippen molar-refractivity contribution in [2.75, 3.05) is 18.6 Å². The molecule has 3 heterocycles. The molecule has 2 aliphatic heterocycles. The quantitative estimate of drug-likeness (QED) is 0.155. The van der Waals surface area contributed by atoms with Gasteiger partial charge in [-0.3, -0.25) is 14.4 Å². The van der Waals surface area contributed by atoms with Crippen LogP contribution in [0.5, 0.6) is 5.75 Å². The number of amides is 1. The number of carbonyl (C=O) groups is 1. The standard InChI is InChI=1S/C35H41FN4O4Si/c1-23-34(43-2)27-20-26(40-30-13-9-8-12-25(30)14-17-33(40)42)15-16-31(27)44-35(23)32(45(3,4)36)18-19-39-21-29(37-38-39)28(22-41)24-10-6-5-7-11-24/h5-13,15-16,20-21,23,28,32,34-35,41H,14,17-19,22H2,1-4H3/t23-,28?,32?,34-,35-/m1/s1. The number of aliphatic hydroxyl groups excluding tert-OH is 1. The fourth-order valence-corrected chi connectivity index (χ4v) is 8.99. The van der Waals surface area contributed by atoms with Crippen LogP contribution in [0.15, 0.2) is 79.0 Å². The highest BCUT2D eigenvalue weighted by Gasteiger charge is 2.47. The summed E-state index contributed by atoms with van der Waals surface area (Å²) in [6, 6.07) is 23.5. The lowest BCUT2D eigenvalue weighted by atomic mass is 9.86. The molecule has 0 aliphatic carbocycles. The number of anilines is 2. The Labute approximate surface area is 265 Å². The molecule has 2 unspecified atom stereocenters. The Bertz CT molecular complexity index is 1640. The van der Waals surface area contributed by atoms with Gasteiger partial charge >= 0.3 is 0 Å². The molecule has 6 rings (SSSR count). The Hall–Kier alpha value is -3.86. The lowest BCUT2D eigenvalue weighted by Gasteiger charge is -2.43. The van der Waals surface area contributed by atoms with E-state index in [1.165, 1.54) is 0 Å². The van der Waals surface area contributed by atoms with E-state index in [1.54, 1.807) is 29.8 Å². The molecule has 1 N–H and O–H groups in total. The minimum atomic E-state index is -3.23. The van der Waals surface area contributed by atoms with E-state index in [-0.39, 0.29) is 36.0 Å². The van der Waals surface area contributed by atoms with Crippen LogP contribution in [-0.4, -0.2) is 54.2 Å². The molecule has 2 aliphatic rings.